The van der Waals surface area contributed by atoms with Gasteiger partial charge in [-0.25, -0.2) is 4.98 Å². The Bertz CT molecular complexity index is 832. The Hall–Kier alpha value is -1.46. The van der Waals surface area contributed by atoms with Crippen molar-refractivity contribution in [1.82, 2.24) is 14.5 Å². The van der Waals surface area contributed by atoms with Crippen LogP contribution in [0.25, 0.3) is 16.9 Å². The second kappa shape index (κ2) is 4.58. The highest BCUT2D eigenvalue weighted by Gasteiger charge is 2.10. The van der Waals surface area contributed by atoms with Gasteiger partial charge in [0.05, 0.1) is 11.2 Å². The first-order chi connectivity index (χ1) is 9.06. The lowest BCUT2D eigenvalue weighted by molar-refractivity contribution is 1.03. The number of imidazole rings is 1. The normalized spacial score (nSPS) is 11.1. The molecule has 2 heterocycles. The van der Waals surface area contributed by atoms with E-state index in [9.17, 15) is 0 Å². The van der Waals surface area contributed by atoms with E-state index < -0.39 is 0 Å². The maximum Gasteiger partial charge on any atom is 0.184 e. The van der Waals surface area contributed by atoms with Crippen LogP contribution >= 0.6 is 28.1 Å². The summed E-state index contributed by atoms with van der Waals surface area (Å²) in [6, 6.07) is 8.20. The number of aromatic nitrogens is 3. The maximum absolute atomic E-state index is 5.43. The molecule has 0 spiro atoms. The van der Waals surface area contributed by atoms with E-state index in [1.54, 1.807) is 0 Å². The minimum atomic E-state index is 0.661. The molecule has 19 heavy (non-hydrogen) atoms. The molecule has 0 aliphatic heterocycles. The summed E-state index contributed by atoms with van der Waals surface area (Å²) in [6.45, 7) is 4.08. The first-order valence-electron chi connectivity index (χ1n) is 5.90. The summed E-state index contributed by atoms with van der Waals surface area (Å²) in [5.41, 5.74) is 5.13. The maximum atomic E-state index is 5.43. The minimum absolute atomic E-state index is 0.661. The Kier molecular flexibility index (Phi) is 3.03. The van der Waals surface area contributed by atoms with Gasteiger partial charge in [-0.1, -0.05) is 22.0 Å². The number of halogens is 1. The zero-order valence-electron chi connectivity index (χ0n) is 10.6. The number of H-pyrrole nitrogens is 1. The van der Waals surface area contributed by atoms with Crippen LogP contribution in [0.2, 0.25) is 0 Å². The van der Waals surface area contributed by atoms with E-state index in [2.05, 4.69) is 51.0 Å². The zero-order chi connectivity index (χ0) is 13.6. The Balaban J connectivity index is 2.39. The van der Waals surface area contributed by atoms with Crippen molar-refractivity contribution in [2.24, 2.45) is 0 Å². The standard InChI is InChI=1S/C14H12BrN3S/c1-8-5-11-13(16-7-8)18(14(19)17-11)12-6-10(15)4-3-9(12)2/h3-7H,1-2H3,(H,17,19). The van der Waals surface area contributed by atoms with Gasteiger partial charge in [-0.2, -0.15) is 0 Å². The van der Waals surface area contributed by atoms with E-state index in [0.29, 0.717) is 4.77 Å². The predicted octanol–water partition coefficient (Wildman–Crippen LogP) is 4.46. The lowest BCUT2D eigenvalue weighted by atomic mass is 10.2. The molecule has 0 aliphatic carbocycles. The zero-order valence-corrected chi connectivity index (χ0v) is 13.0. The number of nitrogens with one attached hydrogen (secondary N) is 1. The first-order valence-corrected chi connectivity index (χ1v) is 7.10. The van der Waals surface area contributed by atoms with Crippen molar-refractivity contribution in [2.45, 2.75) is 13.8 Å². The summed E-state index contributed by atoms with van der Waals surface area (Å²) in [5.74, 6) is 0. The quantitative estimate of drug-likeness (QED) is 0.667. The summed E-state index contributed by atoms with van der Waals surface area (Å²) in [5, 5.41) is 0. The monoisotopic (exact) mass is 333 g/mol. The molecule has 0 aliphatic rings. The van der Waals surface area contributed by atoms with Crippen LogP contribution in [0, 0.1) is 18.6 Å². The molecule has 3 nitrogen and oxygen atoms in total. The Morgan fingerprint density at radius 1 is 1.26 bits per heavy atom. The van der Waals surface area contributed by atoms with Crippen LogP contribution in [-0.2, 0) is 0 Å². The molecular formula is C14H12BrN3S. The van der Waals surface area contributed by atoms with Crippen molar-refractivity contribution in [2.75, 3.05) is 0 Å². The lowest BCUT2D eigenvalue weighted by Crippen LogP contribution is -1.98. The van der Waals surface area contributed by atoms with E-state index in [-0.39, 0.29) is 0 Å². The van der Waals surface area contributed by atoms with Gasteiger partial charge in [0, 0.05) is 10.7 Å². The number of aryl methyl sites for hydroxylation is 2. The fraction of sp³-hybridized carbons (Fsp3) is 0.143. The van der Waals surface area contributed by atoms with Gasteiger partial charge in [-0.15, -0.1) is 0 Å². The third-order valence-corrected chi connectivity index (χ3v) is 3.85. The van der Waals surface area contributed by atoms with Gasteiger partial charge in [-0.05, 0) is 55.4 Å². The Morgan fingerprint density at radius 2 is 2.05 bits per heavy atom. The molecule has 3 aromatic rings. The number of fused-ring (bicyclic) bond motifs is 1. The molecule has 3 rings (SSSR count). The van der Waals surface area contributed by atoms with Crippen LogP contribution in [0.1, 0.15) is 11.1 Å². The largest absolute Gasteiger partial charge is 0.329 e. The molecule has 0 bridgehead atoms. The lowest BCUT2D eigenvalue weighted by Gasteiger charge is -2.08. The SMILES string of the molecule is Cc1cnc2c(c1)[nH]c(=S)n2-c1cc(Br)ccc1C. The number of nitrogens with zero attached hydrogens (tertiary/aromatic N) is 2. The van der Waals surface area contributed by atoms with E-state index in [0.717, 1.165) is 32.5 Å². The average Bonchev–Trinajstić information content (AvgIpc) is 2.67. The third kappa shape index (κ3) is 2.13. The highest BCUT2D eigenvalue weighted by atomic mass is 79.9. The predicted molar refractivity (Wildman–Crippen MR) is 83.4 cm³/mol. The van der Waals surface area contributed by atoms with Crippen LogP contribution in [0.3, 0.4) is 0 Å². The van der Waals surface area contributed by atoms with Crippen LogP contribution in [0.5, 0.6) is 0 Å². The molecule has 2 aromatic heterocycles. The van der Waals surface area contributed by atoms with Gasteiger partial charge < -0.3 is 4.98 Å². The number of hydrogen-bond donors (Lipinski definition) is 1. The summed E-state index contributed by atoms with van der Waals surface area (Å²) >= 11 is 8.94. The number of aromatic amines is 1. The average molecular weight is 334 g/mol. The van der Waals surface area contributed by atoms with Gasteiger partial charge in [0.25, 0.3) is 0 Å². The van der Waals surface area contributed by atoms with Crippen molar-refractivity contribution in [1.29, 1.82) is 0 Å². The summed E-state index contributed by atoms with van der Waals surface area (Å²) in [6.07, 6.45) is 1.86. The van der Waals surface area contributed by atoms with Crippen molar-refractivity contribution in [3.8, 4) is 5.69 Å². The summed E-state index contributed by atoms with van der Waals surface area (Å²) in [4.78, 5) is 7.71. The van der Waals surface area contributed by atoms with Crippen molar-refractivity contribution < 1.29 is 0 Å². The molecule has 0 atom stereocenters. The number of pyridine rings is 1. The van der Waals surface area contributed by atoms with Gasteiger partial charge in [-0.3, -0.25) is 4.57 Å². The summed E-state index contributed by atoms with van der Waals surface area (Å²) < 4.78 is 3.66. The highest BCUT2D eigenvalue weighted by molar-refractivity contribution is 9.10. The van der Waals surface area contributed by atoms with Gasteiger partial charge in [0.15, 0.2) is 10.4 Å². The van der Waals surface area contributed by atoms with Crippen molar-refractivity contribution in [3.05, 3.63) is 50.8 Å². The Morgan fingerprint density at radius 3 is 2.84 bits per heavy atom. The van der Waals surface area contributed by atoms with Crippen LogP contribution in [0.15, 0.2) is 34.9 Å². The second-order valence-electron chi connectivity index (χ2n) is 4.58. The van der Waals surface area contributed by atoms with E-state index in [1.165, 1.54) is 0 Å². The molecule has 0 unspecified atom stereocenters. The van der Waals surface area contributed by atoms with Gasteiger partial charge in [0.2, 0.25) is 0 Å². The van der Waals surface area contributed by atoms with Crippen LogP contribution in [-0.4, -0.2) is 14.5 Å². The van der Waals surface area contributed by atoms with Crippen molar-refractivity contribution >= 4 is 39.3 Å². The topological polar surface area (TPSA) is 33.6 Å². The molecule has 0 saturated carbocycles. The van der Waals surface area contributed by atoms with Gasteiger partial charge >= 0.3 is 0 Å². The fourth-order valence-electron chi connectivity index (χ4n) is 2.15. The van der Waals surface area contributed by atoms with Crippen LogP contribution < -0.4 is 0 Å². The highest BCUT2D eigenvalue weighted by Crippen LogP contribution is 2.24. The molecule has 1 N–H and O–H groups in total. The molecule has 0 saturated heterocycles. The molecule has 0 amide bonds. The minimum Gasteiger partial charge on any atom is -0.329 e. The number of benzene rings is 1. The van der Waals surface area contributed by atoms with E-state index >= 15 is 0 Å². The van der Waals surface area contributed by atoms with E-state index in [1.807, 2.05) is 23.8 Å². The molecule has 0 fully saturated rings. The number of hydrogen-bond acceptors (Lipinski definition) is 2. The Labute approximate surface area is 124 Å². The molecule has 1 aromatic carbocycles. The molecule has 96 valence electrons. The molecule has 0 radical (unpaired) electrons. The van der Waals surface area contributed by atoms with Crippen LogP contribution in [0.4, 0.5) is 0 Å². The third-order valence-electron chi connectivity index (χ3n) is 3.07. The second-order valence-corrected chi connectivity index (χ2v) is 5.88. The number of rotatable bonds is 1. The molecular weight excluding hydrogens is 322 g/mol. The molecule has 5 heteroatoms. The van der Waals surface area contributed by atoms with Crippen molar-refractivity contribution in [3.63, 3.8) is 0 Å². The van der Waals surface area contributed by atoms with Gasteiger partial charge in [0.1, 0.15) is 0 Å². The fourth-order valence-corrected chi connectivity index (χ4v) is 2.79. The smallest absolute Gasteiger partial charge is 0.184 e. The first kappa shape index (κ1) is 12.6. The summed E-state index contributed by atoms with van der Waals surface area (Å²) in [7, 11) is 0. The van der Waals surface area contributed by atoms with E-state index in [4.69, 9.17) is 12.2 Å².